The van der Waals surface area contributed by atoms with E-state index in [1.807, 2.05) is 50.5 Å². The number of rotatable bonds is 5. The van der Waals surface area contributed by atoms with Crippen LogP contribution in [0.15, 0.2) is 61.1 Å². The molecule has 0 bridgehead atoms. The Kier molecular flexibility index (Phi) is 5.91. The van der Waals surface area contributed by atoms with Crippen molar-refractivity contribution in [2.45, 2.75) is 27.3 Å². The van der Waals surface area contributed by atoms with Crippen molar-refractivity contribution in [1.82, 2.24) is 25.1 Å². The lowest BCUT2D eigenvalue weighted by molar-refractivity contribution is 0.0951. The molecule has 7 heteroatoms. The Hall–Kier alpha value is -3.90. The van der Waals surface area contributed by atoms with Crippen molar-refractivity contribution >= 4 is 28.4 Å². The Morgan fingerprint density at radius 2 is 1.86 bits per heavy atom. The van der Waals surface area contributed by atoms with Crippen molar-refractivity contribution in [2.24, 2.45) is 7.05 Å². The number of nitrogens with one attached hydrogen (secondary N) is 2. The molecule has 1 amide bonds. The molecule has 176 valence electrons. The largest absolute Gasteiger partial charge is 0.358 e. The van der Waals surface area contributed by atoms with Gasteiger partial charge < -0.3 is 10.3 Å². The van der Waals surface area contributed by atoms with Gasteiger partial charge in [-0.2, -0.15) is 5.10 Å². The molecule has 0 saturated carbocycles. The fourth-order valence-electron chi connectivity index (χ4n) is 4.37. The minimum Gasteiger partial charge on any atom is -0.358 e. The van der Waals surface area contributed by atoms with Gasteiger partial charge in [0.1, 0.15) is 0 Å². The number of H-pyrrole nitrogens is 1. The molecule has 0 aliphatic heterocycles. The van der Waals surface area contributed by atoms with E-state index < -0.39 is 0 Å². The van der Waals surface area contributed by atoms with Gasteiger partial charge in [0.2, 0.25) is 0 Å². The lowest BCUT2D eigenvalue weighted by Gasteiger charge is -2.12. The second-order valence-corrected chi connectivity index (χ2v) is 9.41. The van der Waals surface area contributed by atoms with Crippen LogP contribution in [-0.2, 0) is 13.6 Å². The third kappa shape index (κ3) is 4.57. The maximum atomic E-state index is 13.5. The third-order valence-electron chi connectivity index (χ3n) is 6.31. The molecule has 0 fully saturated rings. The molecule has 0 aliphatic rings. The summed E-state index contributed by atoms with van der Waals surface area (Å²) in [6.45, 7) is 6.57. The molecule has 5 rings (SSSR count). The highest BCUT2D eigenvalue weighted by molar-refractivity contribution is 6.31. The SMILES string of the molecule is Cc1cc(Cl)cc(-c2cnc(-c3cnn(C)c3)c(C(=O)NCc3ccc4[nH]c(C)c(C)c4c3)c2)c1. The summed E-state index contributed by atoms with van der Waals surface area (Å²) in [5, 5.41) is 9.15. The van der Waals surface area contributed by atoms with Crippen LogP contribution in [0, 0.1) is 20.8 Å². The van der Waals surface area contributed by atoms with Crippen LogP contribution in [0.2, 0.25) is 5.02 Å². The summed E-state index contributed by atoms with van der Waals surface area (Å²) in [5.41, 5.74) is 9.15. The molecule has 3 heterocycles. The summed E-state index contributed by atoms with van der Waals surface area (Å²) >= 11 is 6.29. The normalized spacial score (nSPS) is 11.2. The van der Waals surface area contributed by atoms with E-state index in [2.05, 4.69) is 46.4 Å². The molecule has 0 spiro atoms. The van der Waals surface area contributed by atoms with Crippen molar-refractivity contribution in [3.8, 4) is 22.4 Å². The highest BCUT2D eigenvalue weighted by Crippen LogP contribution is 2.29. The quantitative estimate of drug-likeness (QED) is 0.315. The van der Waals surface area contributed by atoms with Crippen molar-refractivity contribution in [1.29, 1.82) is 0 Å². The number of nitrogens with zero attached hydrogens (tertiary/aromatic N) is 3. The molecule has 35 heavy (non-hydrogen) atoms. The van der Waals surface area contributed by atoms with E-state index in [9.17, 15) is 4.79 Å². The van der Waals surface area contributed by atoms with Crippen LogP contribution in [0.1, 0.15) is 32.7 Å². The monoisotopic (exact) mass is 483 g/mol. The van der Waals surface area contributed by atoms with Crippen molar-refractivity contribution in [2.75, 3.05) is 0 Å². The van der Waals surface area contributed by atoms with Crippen molar-refractivity contribution in [3.63, 3.8) is 0 Å². The molecule has 0 unspecified atom stereocenters. The van der Waals surface area contributed by atoms with E-state index >= 15 is 0 Å². The number of benzene rings is 2. The van der Waals surface area contributed by atoms with E-state index in [1.165, 1.54) is 10.9 Å². The van der Waals surface area contributed by atoms with Crippen LogP contribution in [-0.4, -0.2) is 25.7 Å². The molecule has 2 aromatic carbocycles. The van der Waals surface area contributed by atoms with Crippen LogP contribution >= 0.6 is 11.6 Å². The highest BCUT2D eigenvalue weighted by Gasteiger charge is 2.18. The lowest BCUT2D eigenvalue weighted by Crippen LogP contribution is -2.23. The summed E-state index contributed by atoms with van der Waals surface area (Å²) < 4.78 is 1.70. The second-order valence-electron chi connectivity index (χ2n) is 8.98. The molecule has 2 N–H and O–H groups in total. The maximum absolute atomic E-state index is 13.5. The fraction of sp³-hybridized carbons (Fsp3) is 0.179. The molecule has 0 saturated heterocycles. The van der Waals surface area contributed by atoms with Gasteiger partial charge in [-0.25, -0.2) is 0 Å². The lowest BCUT2D eigenvalue weighted by atomic mass is 10.0. The zero-order valence-electron chi connectivity index (χ0n) is 20.1. The third-order valence-corrected chi connectivity index (χ3v) is 6.53. The van der Waals surface area contributed by atoms with Gasteiger partial charge in [0.05, 0.1) is 17.5 Å². The number of hydrogen-bond acceptors (Lipinski definition) is 3. The van der Waals surface area contributed by atoms with E-state index in [1.54, 1.807) is 17.1 Å². The molecule has 0 atom stereocenters. The number of aryl methyl sites for hydroxylation is 4. The predicted molar refractivity (Wildman–Crippen MR) is 141 cm³/mol. The molecular formula is C28H26ClN5O. The molecule has 5 aromatic rings. The Morgan fingerprint density at radius 1 is 1.03 bits per heavy atom. The smallest absolute Gasteiger partial charge is 0.253 e. The Labute approximate surface area is 209 Å². The minimum absolute atomic E-state index is 0.195. The van der Waals surface area contributed by atoms with Crippen LogP contribution in [0.25, 0.3) is 33.3 Å². The van der Waals surface area contributed by atoms with Gasteiger partial charge in [-0.1, -0.05) is 23.7 Å². The molecule has 3 aromatic heterocycles. The van der Waals surface area contributed by atoms with E-state index in [-0.39, 0.29) is 5.91 Å². The summed E-state index contributed by atoms with van der Waals surface area (Å²) in [6, 6.07) is 13.9. The number of aromatic amines is 1. The number of pyridine rings is 1. The highest BCUT2D eigenvalue weighted by atomic mass is 35.5. The maximum Gasteiger partial charge on any atom is 0.253 e. The van der Waals surface area contributed by atoms with Gasteiger partial charge in [-0.3, -0.25) is 14.5 Å². The predicted octanol–water partition coefficient (Wildman–Crippen LogP) is 6.14. The van der Waals surface area contributed by atoms with E-state index in [0.717, 1.165) is 39.0 Å². The molecule has 0 radical (unpaired) electrons. The minimum atomic E-state index is -0.195. The van der Waals surface area contributed by atoms with Gasteiger partial charge in [0, 0.05) is 58.7 Å². The number of aromatic nitrogens is 4. The summed E-state index contributed by atoms with van der Waals surface area (Å²) in [5.74, 6) is -0.195. The average molecular weight is 484 g/mol. The van der Waals surface area contributed by atoms with Crippen molar-refractivity contribution in [3.05, 3.63) is 94.0 Å². The zero-order valence-corrected chi connectivity index (χ0v) is 20.9. The summed E-state index contributed by atoms with van der Waals surface area (Å²) in [6.07, 6.45) is 5.34. The van der Waals surface area contributed by atoms with E-state index in [0.29, 0.717) is 22.8 Å². The fourth-order valence-corrected chi connectivity index (χ4v) is 4.66. The van der Waals surface area contributed by atoms with Gasteiger partial charge in [-0.15, -0.1) is 0 Å². The first-order chi connectivity index (χ1) is 16.8. The van der Waals surface area contributed by atoms with Crippen LogP contribution < -0.4 is 5.32 Å². The summed E-state index contributed by atoms with van der Waals surface area (Å²) in [4.78, 5) is 21.5. The van der Waals surface area contributed by atoms with Gasteiger partial charge in [-0.05, 0) is 73.4 Å². The number of carbonyl (C=O) groups is 1. The number of hydrogen-bond donors (Lipinski definition) is 2. The second kappa shape index (κ2) is 9.04. The molecule has 6 nitrogen and oxygen atoms in total. The number of halogens is 1. The zero-order chi connectivity index (χ0) is 24.7. The van der Waals surface area contributed by atoms with Crippen LogP contribution in [0.3, 0.4) is 0 Å². The van der Waals surface area contributed by atoms with Gasteiger partial charge >= 0.3 is 0 Å². The van der Waals surface area contributed by atoms with E-state index in [4.69, 9.17) is 11.6 Å². The first kappa shape index (κ1) is 22.9. The Balaban J connectivity index is 1.49. The number of fused-ring (bicyclic) bond motifs is 1. The van der Waals surface area contributed by atoms with Crippen molar-refractivity contribution < 1.29 is 4.79 Å². The molecular weight excluding hydrogens is 458 g/mol. The standard InChI is InChI=1S/C28H26ClN5O/c1-16-7-20(10-23(29)8-16)21-11-25(27(30-13-21)22-14-32-34(4)15-22)28(35)31-12-19-5-6-26-24(9-19)17(2)18(3)33-26/h5-11,13-15,33H,12H2,1-4H3,(H,31,35). The first-order valence-corrected chi connectivity index (χ1v) is 11.8. The average Bonchev–Trinajstić information content (AvgIpc) is 3.39. The Bertz CT molecular complexity index is 1560. The topological polar surface area (TPSA) is 75.6 Å². The van der Waals surface area contributed by atoms with Gasteiger partial charge in [0.25, 0.3) is 5.91 Å². The van der Waals surface area contributed by atoms with Crippen LogP contribution in [0.4, 0.5) is 0 Å². The summed E-state index contributed by atoms with van der Waals surface area (Å²) in [7, 11) is 1.84. The molecule has 0 aliphatic carbocycles. The van der Waals surface area contributed by atoms with Crippen LogP contribution in [0.5, 0.6) is 0 Å². The first-order valence-electron chi connectivity index (χ1n) is 11.4. The number of amides is 1. The van der Waals surface area contributed by atoms with Gasteiger partial charge in [0.15, 0.2) is 0 Å². The Morgan fingerprint density at radius 3 is 2.60 bits per heavy atom. The number of carbonyl (C=O) groups excluding carboxylic acids is 1.